The first kappa shape index (κ1) is 13.0. The molecule has 1 N–H and O–H groups in total. The minimum Gasteiger partial charge on any atom is -0.493 e. The smallest absolute Gasteiger partial charge is 0.206 e. The lowest BCUT2D eigenvalue weighted by Gasteiger charge is -2.13. The van der Waals surface area contributed by atoms with Crippen LogP contribution in [0.4, 0.5) is 10.1 Å². The van der Waals surface area contributed by atoms with E-state index in [1.54, 1.807) is 37.4 Å². The standard InChI is InChI=1S/C14H14FNO3/c1-17-12-4-3-5-13(14(12)18-2)19-16-11-8-6-10(15)7-9-11/h3-9,16H,1-2H3. The minimum atomic E-state index is -0.301. The van der Waals surface area contributed by atoms with Gasteiger partial charge in [0, 0.05) is 0 Å². The Morgan fingerprint density at radius 3 is 2.21 bits per heavy atom. The van der Waals surface area contributed by atoms with Crippen LogP contribution in [0.2, 0.25) is 0 Å². The van der Waals surface area contributed by atoms with E-state index in [0.29, 0.717) is 22.9 Å². The molecule has 0 spiro atoms. The van der Waals surface area contributed by atoms with Gasteiger partial charge in [-0.05, 0) is 36.4 Å². The number of ether oxygens (including phenoxy) is 2. The minimum absolute atomic E-state index is 0.301. The van der Waals surface area contributed by atoms with Crippen molar-refractivity contribution in [2.45, 2.75) is 0 Å². The normalized spacial score (nSPS) is 9.84. The number of benzene rings is 2. The summed E-state index contributed by atoms with van der Waals surface area (Å²) in [4.78, 5) is 5.42. The summed E-state index contributed by atoms with van der Waals surface area (Å²) in [6.07, 6.45) is 0. The molecule has 0 saturated heterocycles. The highest BCUT2D eigenvalue weighted by atomic mass is 19.1. The average Bonchev–Trinajstić information content (AvgIpc) is 2.46. The van der Waals surface area contributed by atoms with Crippen LogP contribution in [-0.2, 0) is 0 Å². The zero-order chi connectivity index (χ0) is 13.7. The van der Waals surface area contributed by atoms with Crippen molar-refractivity contribution in [3.8, 4) is 17.2 Å². The van der Waals surface area contributed by atoms with Gasteiger partial charge in [0.15, 0.2) is 5.75 Å². The molecule has 2 aromatic carbocycles. The fourth-order valence-electron chi connectivity index (χ4n) is 1.57. The van der Waals surface area contributed by atoms with E-state index >= 15 is 0 Å². The molecule has 2 aromatic rings. The quantitative estimate of drug-likeness (QED) is 0.840. The van der Waals surface area contributed by atoms with E-state index in [4.69, 9.17) is 14.3 Å². The molecular weight excluding hydrogens is 249 g/mol. The number of para-hydroxylation sites is 1. The fourth-order valence-corrected chi connectivity index (χ4v) is 1.57. The molecule has 0 aliphatic rings. The Morgan fingerprint density at radius 2 is 1.58 bits per heavy atom. The van der Waals surface area contributed by atoms with Crippen LogP contribution in [-0.4, -0.2) is 14.2 Å². The summed E-state index contributed by atoms with van der Waals surface area (Å²) in [5, 5.41) is 0. The van der Waals surface area contributed by atoms with Gasteiger partial charge in [0.2, 0.25) is 11.5 Å². The van der Waals surface area contributed by atoms with E-state index < -0.39 is 0 Å². The lowest BCUT2D eigenvalue weighted by Crippen LogP contribution is -2.06. The van der Waals surface area contributed by atoms with Crippen molar-refractivity contribution in [2.24, 2.45) is 0 Å². The summed E-state index contributed by atoms with van der Waals surface area (Å²) in [6, 6.07) is 11.1. The molecule has 0 saturated carbocycles. The molecular formula is C14H14FNO3. The van der Waals surface area contributed by atoms with Gasteiger partial charge in [0.25, 0.3) is 0 Å². The van der Waals surface area contributed by atoms with Crippen LogP contribution in [0.25, 0.3) is 0 Å². The second-order valence-electron chi connectivity index (χ2n) is 3.70. The Labute approximate surface area is 110 Å². The van der Waals surface area contributed by atoms with Gasteiger partial charge < -0.3 is 14.3 Å². The molecule has 0 amide bonds. The van der Waals surface area contributed by atoms with Gasteiger partial charge in [-0.2, -0.15) is 0 Å². The Kier molecular flexibility index (Phi) is 4.07. The van der Waals surface area contributed by atoms with Gasteiger partial charge in [0.1, 0.15) is 5.82 Å². The summed E-state index contributed by atoms with van der Waals surface area (Å²) >= 11 is 0. The largest absolute Gasteiger partial charge is 0.493 e. The van der Waals surface area contributed by atoms with Crippen molar-refractivity contribution < 1.29 is 18.7 Å². The van der Waals surface area contributed by atoms with E-state index in [0.717, 1.165) is 0 Å². The maximum atomic E-state index is 12.8. The van der Waals surface area contributed by atoms with E-state index in [1.807, 2.05) is 0 Å². The molecule has 2 rings (SSSR count). The number of methoxy groups -OCH3 is 2. The Bertz CT molecular complexity index is 543. The lowest BCUT2D eigenvalue weighted by atomic mass is 10.3. The van der Waals surface area contributed by atoms with E-state index in [1.165, 1.54) is 19.2 Å². The van der Waals surface area contributed by atoms with Crippen LogP contribution in [0.3, 0.4) is 0 Å². The zero-order valence-corrected chi connectivity index (χ0v) is 10.6. The monoisotopic (exact) mass is 263 g/mol. The highest BCUT2D eigenvalue weighted by Gasteiger charge is 2.10. The molecule has 0 atom stereocenters. The first-order valence-electron chi connectivity index (χ1n) is 5.64. The predicted molar refractivity (Wildman–Crippen MR) is 70.2 cm³/mol. The van der Waals surface area contributed by atoms with Crippen LogP contribution >= 0.6 is 0 Å². The van der Waals surface area contributed by atoms with Gasteiger partial charge in [0.05, 0.1) is 19.9 Å². The highest BCUT2D eigenvalue weighted by Crippen LogP contribution is 2.36. The second kappa shape index (κ2) is 5.95. The molecule has 0 unspecified atom stereocenters. The first-order valence-corrected chi connectivity index (χ1v) is 5.64. The van der Waals surface area contributed by atoms with Crippen LogP contribution < -0.4 is 19.8 Å². The topological polar surface area (TPSA) is 39.7 Å². The Hall–Kier alpha value is -2.43. The van der Waals surface area contributed by atoms with Crippen molar-refractivity contribution in [3.63, 3.8) is 0 Å². The molecule has 19 heavy (non-hydrogen) atoms. The molecule has 0 heterocycles. The third kappa shape index (κ3) is 3.07. The lowest BCUT2D eigenvalue weighted by molar-refractivity contribution is 0.322. The van der Waals surface area contributed by atoms with Crippen LogP contribution in [0.1, 0.15) is 0 Å². The number of anilines is 1. The summed E-state index contributed by atoms with van der Waals surface area (Å²) in [5.41, 5.74) is 3.34. The van der Waals surface area contributed by atoms with Crippen molar-refractivity contribution in [3.05, 3.63) is 48.3 Å². The van der Waals surface area contributed by atoms with Gasteiger partial charge in [-0.15, -0.1) is 0 Å². The number of hydrogen-bond donors (Lipinski definition) is 1. The maximum absolute atomic E-state index is 12.8. The van der Waals surface area contributed by atoms with Gasteiger partial charge in [-0.1, -0.05) is 6.07 Å². The van der Waals surface area contributed by atoms with E-state index in [-0.39, 0.29) is 5.82 Å². The van der Waals surface area contributed by atoms with Crippen molar-refractivity contribution >= 4 is 5.69 Å². The van der Waals surface area contributed by atoms with Crippen molar-refractivity contribution in [1.82, 2.24) is 0 Å². The zero-order valence-electron chi connectivity index (χ0n) is 10.6. The molecule has 0 fully saturated rings. The number of nitrogens with one attached hydrogen (secondary N) is 1. The van der Waals surface area contributed by atoms with Gasteiger partial charge >= 0.3 is 0 Å². The molecule has 4 nitrogen and oxygen atoms in total. The summed E-state index contributed by atoms with van der Waals surface area (Å²) in [6.45, 7) is 0. The SMILES string of the molecule is COc1cccc(ONc2ccc(F)cc2)c1OC. The fraction of sp³-hybridized carbons (Fsp3) is 0.143. The first-order chi connectivity index (χ1) is 9.24. The van der Waals surface area contributed by atoms with Crippen LogP contribution in [0.5, 0.6) is 17.2 Å². The predicted octanol–water partition coefficient (Wildman–Crippen LogP) is 3.25. The van der Waals surface area contributed by atoms with E-state index in [2.05, 4.69) is 5.48 Å². The molecule has 100 valence electrons. The molecule has 0 aliphatic carbocycles. The van der Waals surface area contributed by atoms with Crippen molar-refractivity contribution in [2.75, 3.05) is 19.7 Å². The summed E-state index contributed by atoms with van der Waals surface area (Å²) in [5.74, 6) is 1.23. The number of hydrogen-bond acceptors (Lipinski definition) is 4. The molecule has 0 aromatic heterocycles. The maximum Gasteiger partial charge on any atom is 0.206 e. The van der Waals surface area contributed by atoms with Crippen LogP contribution in [0, 0.1) is 5.82 Å². The molecule has 5 heteroatoms. The van der Waals surface area contributed by atoms with E-state index in [9.17, 15) is 4.39 Å². The van der Waals surface area contributed by atoms with Gasteiger partial charge in [-0.3, -0.25) is 0 Å². The third-order valence-electron chi connectivity index (χ3n) is 2.49. The Morgan fingerprint density at radius 1 is 0.895 bits per heavy atom. The van der Waals surface area contributed by atoms with Crippen molar-refractivity contribution in [1.29, 1.82) is 0 Å². The molecule has 0 radical (unpaired) electrons. The average molecular weight is 263 g/mol. The molecule has 0 aliphatic heterocycles. The third-order valence-corrected chi connectivity index (χ3v) is 2.49. The highest BCUT2D eigenvalue weighted by molar-refractivity contribution is 5.52. The Balaban J connectivity index is 2.13. The number of rotatable bonds is 5. The summed E-state index contributed by atoms with van der Waals surface area (Å²) in [7, 11) is 3.08. The molecule has 0 bridgehead atoms. The summed E-state index contributed by atoms with van der Waals surface area (Å²) < 4.78 is 23.1. The second-order valence-corrected chi connectivity index (χ2v) is 3.70. The van der Waals surface area contributed by atoms with Crippen LogP contribution in [0.15, 0.2) is 42.5 Å². The number of halogens is 1. The van der Waals surface area contributed by atoms with Gasteiger partial charge in [-0.25, -0.2) is 9.87 Å².